The summed E-state index contributed by atoms with van der Waals surface area (Å²) in [6.07, 6.45) is 0. The highest BCUT2D eigenvalue weighted by Crippen LogP contribution is 2.22. The molecule has 3 aromatic carbocycles. The van der Waals surface area contributed by atoms with E-state index in [1.165, 1.54) is 12.1 Å². The third-order valence-electron chi connectivity index (χ3n) is 3.98. The first-order chi connectivity index (χ1) is 13.4. The van der Waals surface area contributed by atoms with Gasteiger partial charge in [-0.25, -0.2) is 13.2 Å². The zero-order valence-corrected chi connectivity index (χ0v) is 14.7. The molecule has 0 radical (unpaired) electrons. The van der Waals surface area contributed by atoms with E-state index in [9.17, 15) is 22.8 Å². The molecule has 0 aliphatic rings. The van der Waals surface area contributed by atoms with Gasteiger partial charge in [-0.3, -0.25) is 9.59 Å². The fourth-order valence-electron chi connectivity index (χ4n) is 2.58. The van der Waals surface area contributed by atoms with Crippen LogP contribution in [0.25, 0.3) is 0 Å². The number of amides is 2. The SMILES string of the molecule is Cc1cccc(C(=O)Nc2ccccc2C(=O)Nc2ccc(F)c(F)c2F)c1. The minimum absolute atomic E-state index is 0.0348. The van der Waals surface area contributed by atoms with Crippen LogP contribution in [0.5, 0.6) is 0 Å². The van der Waals surface area contributed by atoms with E-state index in [0.717, 1.165) is 11.6 Å². The van der Waals surface area contributed by atoms with Crippen LogP contribution in [0.1, 0.15) is 26.3 Å². The maximum absolute atomic E-state index is 13.8. The monoisotopic (exact) mass is 384 g/mol. The summed E-state index contributed by atoms with van der Waals surface area (Å²) >= 11 is 0. The predicted octanol–water partition coefficient (Wildman–Crippen LogP) is 4.92. The summed E-state index contributed by atoms with van der Waals surface area (Å²) in [6.45, 7) is 1.84. The maximum atomic E-state index is 13.8. The fraction of sp³-hybridized carbons (Fsp3) is 0.0476. The Balaban J connectivity index is 1.85. The fourth-order valence-corrected chi connectivity index (χ4v) is 2.58. The molecule has 7 heteroatoms. The number of rotatable bonds is 4. The molecule has 142 valence electrons. The van der Waals surface area contributed by atoms with Crippen molar-refractivity contribution in [3.63, 3.8) is 0 Å². The molecule has 3 rings (SSSR count). The first-order valence-corrected chi connectivity index (χ1v) is 8.28. The normalized spacial score (nSPS) is 10.4. The molecule has 0 bridgehead atoms. The molecular weight excluding hydrogens is 369 g/mol. The first kappa shape index (κ1) is 19.2. The van der Waals surface area contributed by atoms with Crippen molar-refractivity contribution >= 4 is 23.2 Å². The van der Waals surface area contributed by atoms with Gasteiger partial charge in [-0.05, 0) is 43.3 Å². The molecule has 0 saturated carbocycles. The highest BCUT2D eigenvalue weighted by atomic mass is 19.2. The molecule has 0 aliphatic carbocycles. The van der Waals surface area contributed by atoms with E-state index in [1.54, 1.807) is 30.3 Å². The van der Waals surface area contributed by atoms with Gasteiger partial charge < -0.3 is 10.6 Å². The third-order valence-corrected chi connectivity index (χ3v) is 3.98. The van der Waals surface area contributed by atoms with Crippen molar-refractivity contribution in [2.24, 2.45) is 0 Å². The molecule has 0 saturated heterocycles. The number of halogens is 3. The highest BCUT2D eigenvalue weighted by molar-refractivity contribution is 6.12. The number of carbonyl (C=O) groups is 2. The van der Waals surface area contributed by atoms with Crippen molar-refractivity contribution in [3.8, 4) is 0 Å². The molecule has 2 N–H and O–H groups in total. The maximum Gasteiger partial charge on any atom is 0.257 e. The van der Waals surface area contributed by atoms with Crippen molar-refractivity contribution in [2.75, 3.05) is 10.6 Å². The summed E-state index contributed by atoms with van der Waals surface area (Å²) in [7, 11) is 0. The summed E-state index contributed by atoms with van der Waals surface area (Å²) in [4.78, 5) is 25.0. The summed E-state index contributed by atoms with van der Waals surface area (Å²) in [5, 5.41) is 4.81. The van der Waals surface area contributed by atoms with E-state index in [0.29, 0.717) is 11.6 Å². The van der Waals surface area contributed by atoms with Crippen LogP contribution >= 0.6 is 0 Å². The Kier molecular flexibility index (Phi) is 5.44. The van der Waals surface area contributed by atoms with E-state index in [2.05, 4.69) is 10.6 Å². The van der Waals surface area contributed by atoms with Crippen molar-refractivity contribution in [1.82, 2.24) is 0 Å². The number of carbonyl (C=O) groups excluding carboxylic acids is 2. The van der Waals surface area contributed by atoms with Crippen LogP contribution in [0.2, 0.25) is 0 Å². The Labute approximate surface area is 159 Å². The van der Waals surface area contributed by atoms with Crippen LogP contribution in [0, 0.1) is 24.4 Å². The number of nitrogens with one attached hydrogen (secondary N) is 2. The number of aryl methyl sites for hydroxylation is 1. The van der Waals surface area contributed by atoms with Crippen molar-refractivity contribution in [2.45, 2.75) is 6.92 Å². The summed E-state index contributed by atoms with van der Waals surface area (Å²) < 4.78 is 40.2. The second-order valence-corrected chi connectivity index (χ2v) is 6.05. The van der Waals surface area contributed by atoms with Gasteiger partial charge in [0.15, 0.2) is 17.5 Å². The zero-order chi connectivity index (χ0) is 20.3. The Morgan fingerprint density at radius 2 is 1.46 bits per heavy atom. The van der Waals surface area contributed by atoms with E-state index in [1.807, 2.05) is 13.0 Å². The van der Waals surface area contributed by atoms with Gasteiger partial charge in [0, 0.05) is 5.56 Å². The lowest BCUT2D eigenvalue weighted by molar-refractivity contribution is 0.102. The summed E-state index contributed by atoms with van der Waals surface area (Å²) in [5.74, 6) is -5.76. The molecule has 0 aliphatic heterocycles. The zero-order valence-electron chi connectivity index (χ0n) is 14.7. The largest absolute Gasteiger partial charge is 0.321 e. The van der Waals surface area contributed by atoms with E-state index in [4.69, 9.17) is 0 Å². The van der Waals surface area contributed by atoms with Gasteiger partial charge in [0.25, 0.3) is 11.8 Å². The van der Waals surface area contributed by atoms with Gasteiger partial charge in [-0.1, -0.05) is 29.8 Å². The topological polar surface area (TPSA) is 58.2 Å². The molecule has 0 atom stereocenters. The van der Waals surface area contributed by atoms with Gasteiger partial charge in [-0.2, -0.15) is 0 Å². The average Bonchev–Trinajstić information content (AvgIpc) is 2.68. The summed E-state index contributed by atoms with van der Waals surface area (Å²) in [6, 6.07) is 14.6. The second-order valence-electron chi connectivity index (χ2n) is 6.05. The van der Waals surface area contributed by atoms with Crippen LogP contribution in [-0.4, -0.2) is 11.8 Å². The molecule has 4 nitrogen and oxygen atoms in total. The van der Waals surface area contributed by atoms with Gasteiger partial charge in [0.2, 0.25) is 0 Å². The minimum Gasteiger partial charge on any atom is -0.321 e. The molecule has 3 aromatic rings. The molecule has 0 unspecified atom stereocenters. The van der Waals surface area contributed by atoms with Crippen molar-refractivity contribution < 1.29 is 22.8 Å². The minimum atomic E-state index is -1.68. The van der Waals surface area contributed by atoms with Crippen LogP contribution in [0.15, 0.2) is 60.7 Å². The number of anilines is 2. The Hall–Kier alpha value is -3.61. The van der Waals surface area contributed by atoms with Gasteiger partial charge in [0.05, 0.1) is 16.9 Å². The van der Waals surface area contributed by atoms with E-state index in [-0.39, 0.29) is 11.3 Å². The molecule has 0 spiro atoms. The van der Waals surface area contributed by atoms with Gasteiger partial charge in [-0.15, -0.1) is 0 Å². The van der Waals surface area contributed by atoms with Gasteiger partial charge >= 0.3 is 0 Å². The van der Waals surface area contributed by atoms with E-state index < -0.39 is 35.0 Å². The number of hydrogen-bond acceptors (Lipinski definition) is 2. The lowest BCUT2D eigenvalue weighted by Gasteiger charge is -2.12. The van der Waals surface area contributed by atoms with Crippen LogP contribution in [0.3, 0.4) is 0 Å². The molecule has 0 aromatic heterocycles. The predicted molar refractivity (Wildman–Crippen MR) is 99.8 cm³/mol. The van der Waals surface area contributed by atoms with Crippen molar-refractivity contribution in [1.29, 1.82) is 0 Å². The molecule has 2 amide bonds. The molecule has 0 fully saturated rings. The number of benzene rings is 3. The van der Waals surface area contributed by atoms with Crippen LogP contribution in [-0.2, 0) is 0 Å². The smallest absolute Gasteiger partial charge is 0.257 e. The Morgan fingerprint density at radius 3 is 2.21 bits per heavy atom. The lowest BCUT2D eigenvalue weighted by Crippen LogP contribution is -2.19. The highest BCUT2D eigenvalue weighted by Gasteiger charge is 2.18. The average molecular weight is 384 g/mol. The molecule has 0 heterocycles. The van der Waals surface area contributed by atoms with E-state index >= 15 is 0 Å². The quantitative estimate of drug-likeness (QED) is 0.628. The standard InChI is InChI=1S/C21H15F3N2O2/c1-12-5-4-6-13(11-12)20(27)25-16-8-3-2-7-14(16)21(28)26-17-10-9-15(22)18(23)19(17)24/h2-11H,1H3,(H,25,27)(H,26,28). The number of hydrogen-bond donors (Lipinski definition) is 2. The lowest BCUT2D eigenvalue weighted by atomic mass is 10.1. The van der Waals surface area contributed by atoms with Crippen LogP contribution < -0.4 is 10.6 Å². The second kappa shape index (κ2) is 7.96. The molecular formula is C21H15F3N2O2. The summed E-state index contributed by atoms with van der Waals surface area (Å²) in [5.41, 5.74) is 1.01. The van der Waals surface area contributed by atoms with Gasteiger partial charge in [0.1, 0.15) is 0 Å². The van der Waals surface area contributed by atoms with Crippen molar-refractivity contribution in [3.05, 3.63) is 94.8 Å². The Morgan fingerprint density at radius 1 is 0.750 bits per heavy atom. The molecule has 28 heavy (non-hydrogen) atoms. The van der Waals surface area contributed by atoms with Crippen LogP contribution in [0.4, 0.5) is 24.5 Å². The Bertz CT molecular complexity index is 1070. The number of para-hydroxylation sites is 1. The third kappa shape index (κ3) is 4.03. The first-order valence-electron chi connectivity index (χ1n) is 8.28.